The molecule has 0 fully saturated rings. The third-order valence-corrected chi connectivity index (χ3v) is 5.17. The van der Waals surface area contributed by atoms with Crippen molar-refractivity contribution >= 4 is 29.3 Å². The molecule has 1 amide bonds. The lowest BCUT2D eigenvalue weighted by Crippen LogP contribution is -2.24. The first kappa shape index (κ1) is 20.2. The van der Waals surface area contributed by atoms with Crippen LogP contribution in [0.3, 0.4) is 0 Å². The third-order valence-electron chi connectivity index (χ3n) is 3.93. The van der Waals surface area contributed by atoms with Crippen LogP contribution in [0.25, 0.3) is 0 Å². The van der Waals surface area contributed by atoms with Crippen molar-refractivity contribution in [1.82, 2.24) is 10.3 Å². The molecule has 28 heavy (non-hydrogen) atoms. The normalized spacial score (nSPS) is 10.5. The first-order chi connectivity index (χ1) is 13.7. The fourth-order valence-electron chi connectivity index (χ4n) is 2.49. The van der Waals surface area contributed by atoms with Crippen LogP contribution in [-0.2, 0) is 23.7 Å². The highest BCUT2D eigenvalue weighted by Gasteiger charge is 2.03. The summed E-state index contributed by atoms with van der Waals surface area (Å²) in [5, 5.41) is 3.66. The largest absolute Gasteiger partial charge is 0.489 e. The van der Waals surface area contributed by atoms with Gasteiger partial charge in [0.25, 0.3) is 0 Å². The molecule has 2 aromatic carbocycles. The maximum absolute atomic E-state index is 12.0. The molecular weight excluding hydrogens is 392 g/mol. The van der Waals surface area contributed by atoms with Gasteiger partial charge in [-0.2, -0.15) is 0 Å². The Labute approximate surface area is 174 Å². The maximum Gasteiger partial charge on any atom is 0.230 e. The van der Waals surface area contributed by atoms with Gasteiger partial charge in [-0.25, -0.2) is 0 Å². The number of hydrogen-bond acceptors (Lipinski definition) is 4. The molecule has 3 rings (SSSR count). The third kappa shape index (κ3) is 6.91. The average molecular weight is 413 g/mol. The van der Waals surface area contributed by atoms with E-state index < -0.39 is 0 Å². The number of hydrogen-bond donors (Lipinski definition) is 1. The van der Waals surface area contributed by atoms with E-state index in [0.29, 0.717) is 18.9 Å². The lowest BCUT2D eigenvalue weighted by atomic mass is 10.2. The van der Waals surface area contributed by atoms with E-state index in [4.69, 9.17) is 16.3 Å². The molecule has 1 N–H and O–H groups in total. The quantitative estimate of drug-likeness (QED) is 0.545. The number of pyridine rings is 1. The van der Waals surface area contributed by atoms with E-state index in [1.54, 1.807) is 24.2 Å². The molecule has 0 bridgehead atoms. The second-order valence-electron chi connectivity index (χ2n) is 6.19. The first-order valence-corrected chi connectivity index (χ1v) is 10.4. The zero-order chi connectivity index (χ0) is 19.6. The molecule has 0 unspecified atom stereocenters. The van der Waals surface area contributed by atoms with E-state index in [-0.39, 0.29) is 5.91 Å². The van der Waals surface area contributed by atoms with Crippen molar-refractivity contribution in [3.63, 3.8) is 0 Å². The highest BCUT2D eigenvalue weighted by Crippen LogP contribution is 2.17. The molecule has 0 aliphatic rings. The lowest BCUT2D eigenvalue weighted by molar-refractivity contribution is -0.118. The molecule has 0 atom stereocenters. The zero-order valence-corrected chi connectivity index (χ0v) is 16.9. The molecule has 3 aromatic rings. The number of carbonyl (C=O) groups is 1. The van der Waals surface area contributed by atoms with E-state index in [1.807, 2.05) is 60.7 Å². The van der Waals surface area contributed by atoms with Crippen molar-refractivity contribution in [3.8, 4) is 5.75 Å². The van der Waals surface area contributed by atoms with Crippen molar-refractivity contribution in [2.45, 2.75) is 18.9 Å². The lowest BCUT2D eigenvalue weighted by Gasteiger charge is -2.08. The summed E-state index contributed by atoms with van der Waals surface area (Å²) < 4.78 is 5.74. The number of rotatable bonds is 9. The minimum atomic E-state index is 0.0175. The van der Waals surface area contributed by atoms with Crippen LogP contribution in [0, 0.1) is 0 Å². The molecule has 0 spiro atoms. The number of nitrogens with one attached hydrogen (secondary N) is 1. The van der Waals surface area contributed by atoms with Crippen LogP contribution in [0.1, 0.15) is 16.7 Å². The summed E-state index contributed by atoms with van der Waals surface area (Å²) in [6.45, 7) is 0.979. The second-order valence-corrected chi connectivity index (χ2v) is 7.62. The van der Waals surface area contributed by atoms with Crippen LogP contribution in [0.15, 0.2) is 73.1 Å². The smallest absolute Gasteiger partial charge is 0.230 e. The molecule has 1 heterocycles. The van der Waals surface area contributed by atoms with Gasteiger partial charge in [0.15, 0.2) is 0 Å². The Morgan fingerprint density at radius 3 is 2.61 bits per heavy atom. The van der Waals surface area contributed by atoms with E-state index in [9.17, 15) is 4.79 Å². The number of benzene rings is 2. The summed E-state index contributed by atoms with van der Waals surface area (Å²) in [6, 6.07) is 19.3. The fraction of sp³-hybridized carbons (Fsp3) is 0.182. The van der Waals surface area contributed by atoms with Crippen LogP contribution < -0.4 is 10.1 Å². The SMILES string of the molecule is O=C(CSCc1cccc(Cl)c1)NCc1ccc(OCc2cccnc2)cc1. The standard InChI is InChI=1S/C22H21ClN2O2S/c23-20-5-1-3-18(11-20)15-28-16-22(26)25-13-17-6-8-21(9-7-17)27-14-19-4-2-10-24-12-19/h1-12H,13-16H2,(H,25,26). The Hall–Kier alpha value is -2.50. The minimum Gasteiger partial charge on any atom is -0.489 e. The Kier molecular flexibility index (Phi) is 7.76. The monoisotopic (exact) mass is 412 g/mol. The van der Waals surface area contributed by atoms with Gasteiger partial charge in [-0.1, -0.05) is 41.9 Å². The number of carbonyl (C=O) groups excluding carboxylic acids is 1. The van der Waals surface area contributed by atoms with Crippen molar-refractivity contribution in [3.05, 3.63) is 94.8 Å². The van der Waals surface area contributed by atoms with Crippen LogP contribution in [0.5, 0.6) is 5.75 Å². The van der Waals surface area contributed by atoms with Crippen LogP contribution in [-0.4, -0.2) is 16.6 Å². The summed E-state index contributed by atoms with van der Waals surface area (Å²) in [4.78, 5) is 16.1. The molecular formula is C22H21ClN2O2S. The Balaban J connectivity index is 1.36. The molecule has 4 nitrogen and oxygen atoms in total. The van der Waals surface area contributed by atoms with Crippen LogP contribution in [0.4, 0.5) is 0 Å². The Morgan fingerprint density at radius 2 is 1.86 bits per heavy atom. The maximum atomic E-state index is 12.0. The molecule has 0 aliphatic heterocycles. The summed E-state index contributed by atoms with van der Waals surface area (Å²) in [7, 11) is 0. The predicted molar refractivity (Wildman–Crippen MR) is 114 cm³/mol. The van der Waals surface area contributed by atoms with E-state index >= 15 is 0 Å². The molecule has 0 aliphatic carbocycles. The number of amides is 1. The van der Waals surface area contributed by atoms with Crippen LogP contribution >= 0.6 is 23.4 Å². The number of ether oxygens (including phenoxy) is 1. The number of aromatic nitrogens is 1. The molecule has 0 radical (unpaired) electrons. The summed E-state index contributed by atoms with van der Waals surface area (Å²) in [6.07, 6.45) is 3.52. The van der Waals surface area contributed by atoms with E-state index in [0.717, 1.165) is 33.2 Å². The number of halogens is 1. The summed E-state index contributed by atoms with van der Waals surface area (Å²) in [5.41, 5.74) is 3.17. The molecule has 0 saturated carbocycles. The molecule has 144 valence electrons. The van der Waals surface area contributed by atoms with Crippen molar-refractivity contribution < 1.29 is 9.53 Å². The predicted octanol–water partition coefficient (Wildman–Crippen LogP) is 4.86. The second kappa shape index (κ2) is 10.7. The Morgan fingerprint density at radius 1 is 1.04 bits per heavy atom. The highest BCUT2D eigenvalue weighted by atomic mass is 35.5. The fourth-order valence-corrected chi connectivity index (χ4v) is 3.51. The van der Waals surface area contributed by atoms with Gasteiger partial charge in [-0.3, -0.25) is 9.78 Å². The minimum absolute atomic E-state index is 0.0175. The van der Waals surface area contributed by atoms with Crippen molar-refractivity contribution in [2.75, 3.05) is 5.75 Å². The zero-order valence-electron chi connectivity index (χ0n) is 15.3. The van der Waals surface area contributed by atoms with Crippen molar-refractivity contribution in [1.29, 1.82) is 0 Å². The van der Waals surface area contributed by atoms with E-state index in [2.05, 4.69) is 10.3 Å². The Bertz CT molecular complexity index is 889. The molecule has 0 saturated heterocycles. The first-order valence-electron chi connectivity index (χ1n) is 8.88. The van der Waals surface area contributed by atoms with Gasteiger partial charge in [0, 0.05) is 35.3 Å². The number of nitrogens with zero attached hydrogens (tertiary/aromatic N) is 1. The average Bonchev–Trinajstić information content (AvgIpc) is 2.72. The summed E-state index contributed by atoms with van der Waals surface area (Å²) >= 11 is 7.54. The molecule has 6 heteroatoms. The van der Waals surface area contributed by atoms with Gasteiger partial charge in [-0.05, 0) is 41.5 Å². The molecule has 1 aromatic heterocycles. The topological polar surface area (TPSA) is 51.2 Å². The highest BCUT2D eigenvalue weighted by molar-refractivity contribution is 7.99. The van der Waals surface area contributed by atoms with Gasteiger partial charge in [-0.15, -0.1) is 11.8 Å². The van der Waals surface area contributed by atoms with Gasteiger partial charge >= 0.3 is 0 Å². The van der Waals surface area contributed by atoms with Crippen LogP contribution in [0.2, 0.25) is 5.02 Å². The van der Waals surface area contributed by atoms with Gasteiger partial charge in [0.05, 0.1) is 5.75 Å². The number of thioether (sulfide) groups is 1. The van der Waals surface area contributed by atoms with Gasteiger partial charge in [0.2, 0.25) is 5.91 Å². The van der Waals surface area contributed by atoms with Gasteiger partial charge < -0.3 is 10.1 Å². The van der Waals surface area contributed by atoms with E-state index in [1.165, 1.54) is 0 Å². The summed E-state index contributed by atoms with van der Waals surface area (Å²) in [5.74, 6) is 1.98. The van der Waals surface area contributed by atoms with Gasteiger partial charge in [0.1, 0.15) is 12.4 Å². The van der Waals surface area contributed by atoms with Crippen molar-refractivity contribution in [2.24, 2.45) is 0 Å².